The molecule has 228 valence electrons. The smallest absolute Gasteiger partial charge is 0.407 e. The Kier molecular flexibility index (Phi) is 8.04. The molecular weight excluding hydrogens is 550 g/mol. The van der Waals surface area contributed by atoms with Crippen LogP contribution in [0.2, 0.25) is 0 Å². The predicted molar refractivity (Wildman–Crippen MR) is 167 cm³/mol. The fraction of sp³-hybridized carbons (Fsp3) is 0.452. The quantitative estimate of drug-likeness (QED) is 0.330. The molecule has 1 aliphatic rings. The summed E-state index contributed by atoms with van der Waals surface area (Å²) in [6.07, 6.45) is 3.10. The highest BCUT2D eigenvalue weighted by atomic mass is 16.6. The maximum Gasteiger partial charge on any atom is 0.407 e. The van der Waals surface area contributed by atoms with Crippen molar-refractivity contribution in [3.05, 3.63) is 78.7 Å². The minimum atomic E-state index is -0.610. The number of carbonyl (C=O) groups is 1. The van der Waals surface area contributed by atoms with Gasteiger partial charge in [0.15, 0.2) is 11.2 Å². The summed E-state index contributed by atoms with van der Waals surface area (Å²) < 4.78 is 9.85. The number of H-pyrrole nitrogens is 1. The summed E-state index contributed by atoms with van der Waals surface area (Å²) in [5, 5.41) is 3.72. The Hall–Kier alpha value is -4.61. The van der Waals surface area contributed by atoms with Crippen LogP contribution >= 0.6 is 0 Å². The van der Waals surface area contributed by atoms with Gasteiger partial charge in [0, 0.05) is 49.7 Å². The first kappa shape index (κ1) is 29.9. The van der Waals surface area contributed by atoms with Gasteiger partial charge in [-0.2, -0.15) is 4.98 Å². The number of fused-ring (bicyclic) bond motifs is 2. The molecule has 0 radical (unpaired) electrons. The van der Waals surface area contributed by atoms with Crippen LogP contribution in [0.4, 0.5) is 10.7 Å². The number of amides is 1. The number of imidazole rings is 1. The highest BCUT2D eigenvalue weighted by molar-refractivity contribution is 5.82. The first-order valence-electron chi connectivity index (χ1n) is 14.5. The summed E-state index contributed by atoms with van der Waals surface area (Å²) in [4.78, 5) is 62.3. The lowest BCUT2D eigenvalue weighted by molar-refractivity contribution is 0.0499. The van der Waals surface area contributed by atoms with Crippen molar-refractivity contribution in [1.82, 2.24) is 29.0 Å². The van der Waals surface area contributed by atoms with Crippen molar-refractivity contribution in [2.45, 2.75) is 72.2 Å². The van der Waals surface area contributed by atoms with Crippen molar-refractivity contribution >= 4 is 34.1 Å². The average Bonchev–Trinajstić information content (AvgIpc) is 3.32. The molecule has 1 aromatic carbocycles. The molecule has 12 heteroatoms. The van der Waals surface area contributed by atoms with Crippen molar-refractivity contribution in [1.29, 1.82) is 0 Å². The van der Waals surface area contributed by atoms with Gasteiger partial charge in [0.1, 0.15) is 5.60 Å². The number of para-hydroxylation sites is 1. The van der Waals surface area contributed by atoms with Crippen molar-refractivity contribution < 1.29 is 9.53 Å². The molecule has 0 spiro atoms. The molecule has 5 rings (SSSR count). The number of pyridine rings is 1. The number of aryl methyl sites for hydroxylation is 1. The number of nitrogens with one attached hydrogen (secondary N) is 2. The largest absolute Gasteiger partial charge is 0.444 e. The number of benzene rings is 1. The number of piperidine rings is 1. The zero-order valence-corrected chi connectivity index (χ0v) is 25.6. The number of anilines is 1. The van der Waals surface area contributed by atoms with Gasteiger partial charge in [-0.25, -0.2) is 9.59 Å². The number of aromatic amines is 1. The first-order chi connectivity index (χ1) is 20.3. The van der Waals surface area contributed by atoms with E-state index in [1.807, 2.05) is 68.4 Å². The number of carbonyl (C=O) groups excluding carboxylic acids is 1. The van der Waals surface area contributed by atoms with Gasteiger partial charge < -0.3 is 24.5 Å². The van der Waals surface area contributed by atoms with Crippen LogP contribution in [-0.4, -0.2) is 54.5 Å². The van der Waals surface area contributed by atoms with Crippen LogP contribution in [0, 0.1) is 0 Å². The molecule has 0 aliphatic carbocycles. The van der Waals surface area contributed by atoms with E-state index in [0.29, 0.717) is 42.2 Å². The fourth-order valence-corrected chi connectivity index (χ4v) is 5.52. The molecule has 1 atom stereocenters. The monoisotopic (exact) mass is 589 g/mol. The Morgan fingerprint density at radius 2 is 1.91 bits per heavy atom. The molecule has 4 aromatic rings. The molecule has 43 heavy (non-hydrogen) atoms. The number of alkyl carbamates (subject to hydrolysis) is 1. The molecule has 0 saturated carbocycles. The van der Waals surface area contributed by atoms with Gasteiger partial charge in [-0.3, -0.25) is 18.7 Å². The highest BCUT2D eigenvalue weighted by Crippen LogP contribution is 2.24. The molecule has 1 unspecified atom stereocenters. The van der Waals surface area contributed by atoms with Gasteiger partial charge in [-0.05, 0) is 59.1 Å². The third-order valence-corrected chi connectivity index (χ3v) is 7.48. The minimum Gasteiger partial charge on any atom is -0.444 e. The molecule has 1 fully saturated rings. The van der Waals surface area contributed by atoms with Gasteiger partial charge in [-0.15, -0.1) is 0 Å². The fourth-order valence-electron chi connectivity index (χ4n) is 5.52. The van der Waals surface area contributed by atoms with E-state index >= 15 is 0 Å². The van der Waals surface area contributed by atoms with E-state index in [1.54, 1.807) is 13.1 Å². The molecule has 12 nitrogen and oxygen atoms in total. The van der Waals surface area contributed by atoms with Gasteiger partial charge in [0.05, 0.1) is 6.54 Å². The second-order valence-electron chi connectivity index (χ2n) is 12.3. The van der Waals surface area contributed by atoms with Crippen LogP contribution in [0.5, 0.6) is 0 Å². The zero-order valence-electron chi connectivity index (χ0n) is 25.6. The Balaban J connectivity index is 1.60. The number of hydrogen-bond donors (Lipinski definition) is 2. The van der Waals surface area contributed by atoms with E-state index in [4.69, 9.17) is 9.72 Å². The minimum absolute atomic E-state index is 0.0688. The van der Waals surface area contributed by atoms with Crippen LogP contribution in [0.25, 0.3) is 22.1 Å². The number of ether oxygens (including phenoxy) is 1. The van der Waals surface area contributed by atoms with Crippen LogP contribution in [0.3, 0.4) is 0 Å². The highest BCUT2D eigenvalue weighted by Gasteiger charge is 2.29. The van der Waals surface area contributed by atoms with Gasteiger partial charge in [0.2, 0.25) is 11.5 Å². The number of aromatic nitrogens is 5. The molecule has 0 bridgehead atoms. The maximum absolute atomic E-state index is 14.1. The standard InChI is InChI=1S/C31H39N7O5/c1-19(2)13-15-37-25-26(34-28(37)36-14-9-10-21(18-36)32-29(41)43-31(3,4)5)35(6)30(42)38(27(25)40)17-20-16-24(39)33-23-12-8-7-11-22(20)23/h7-8,11-13,16,21H,9-10,14-15,17-18H2,1-6H3,(H,32,41)(H,33,39). The normalized spacial score (nSPS) is 15.6. The Morgan fingerprint density at radius 1 is 1.16 bits per heavy atom. The maximum atomic E-state index is 14.1. The number of allylic oxidation sites excluding steroid dienone is 2. The summed E-state index contributed by atoms with van der Waals surface area (Å²) in [5.41, 5.74) is 0.916. The predicted octanol–water partition coefficient (Wildman–Crippen LogP) is 3.25. The molecule has 4 heterocycles. The lowest BCUT2D eigenvalue weighted by Gasteiger charge is -2.34. The van der Waals surface area contributed by atoms with Gasteiger partial charge in [-0.1, -0.05) is 29.8 Å². The molecule has 1 saturated heterocycles. The molecular formula is C31H39N7O5. The number of nitrogens with zero attached hydrogens (tertiary/aromatic N) is 5. The van der Waals surface area contributed by atoms with E-state index in [9.17, 15) is 19.2 Å². The van der Waals surface area contributed by atoms with Crippen molar-refractivity contribution in [2.24, 2.45) is 7.05 Å². The summed E-state index contributed by atoms with van der Waals surface area (Å²) in [7, 11) is 1.60. The van der Waals surface area contributed by atoms with E-state index in [-0.39, 0.29) is 23.8 Å². The molecule has 1 aliphatic heterocycles. The number of hydrogen-bond acceptors (Lipinski definition) is 7. The SMILES string of the molecule is CC(C)=CCn1c(N2CCCC(NC(=O)OC(C)(C)C)C2)nc2c1c(=O)n(Cc1cc(=O)[nH]c3ccccc13)c(=O)n2C. The molecule has 3 aromatic heterocycles. The van der Waals surface area contributed by atoms with Gasteiger partial charge >= 0.3 is 11.8 Å². The first-order valence-corrected chi connectivity index (χ1v) is 14.5. The molecule has 1 amide bonds. The Bertz CT molecular complexity index is 1900. The summed E-state index contributed by atoms with van der Waals surface area (Å²) in [6.45, 7) is 10.9. The van der Waals surface area contributed by atoms with E-state index in [0.717, 1.165) is 28.4 Å². The lowest BCUT2D eigenvalue weighted by Crippen LogP contribution is -2.49. The number of rotatable bonds is 6. The summed E-state index contributed by atoms with van der Waals surface area (Å²) in [6, 6.07) is 8.55. The topological polar surface area (TPSA) is 136 Å². The van der Waals surface area contributed by atoms with Crippen molar-refractivity contribution in [3.63, 3.8) is 0 Å². The lowest BCUT2D eigenvalue weighted by atomic mass is 10.1. The second kappa shape index (κ2) is 11.6. The summed E-state index contributed by atoms with van der Waals surface area (Å²) in [5.74, 6) is 0.551. The van der Waals surface area contributed by atoms with Crippen LogP contribution < -0.4 is 27.0 Å². The summed E-state index contributed by atoms with van der Waals surface area (Å²) >= 11 is 0. The van der Waals surface area contributed by atoms with Crippen molar-refractivity contribution in [2.75, 3.05) is 18.0 Å². The van der Waals surface area contributed by atoms with Crippen LogP contribution in [-0.2, 0) is 24.9 Å². The van der Waals surface area contributed by atoms with E-state index in [2.05, 4.69) is 10.3 Å². The van der Waals surface area contributed by atoms with E-state index in [1.165, 1.54) is 10.6 Å². The average molecular weight is 590 g/mol. The van der Waals surface area contributed by atoms with E-state index < -0.39 is 22.9 Å². The third-order valence-electron chi connectivity index (χ3n) is 7.48. The van der Waals surface area contributed by atoms with Crippen LogP contribution in [0.1, 0.15) is 53.0 Å². The Labute approximate surface area is 248 Å². The Morgan fingerprint density at radius 3 is 2.63 bits per heavy atom. The molecule has 2 N–H and O–H groups in total. The third kappa shape index (κ3) is 6.27. The second-order valence-corrected chi connectivity index (χ2v) is 12.3. The van der Waals surface area contributed by atoms with Crippen molar-refractivity contribution in [3.8, 4) is 0 Å². The zero-order chi connectivity index (χ0) is 31.1. The van der Waals surface area contributed by atoms with Crippen LogP contribution in [0.15, 0.2) is 56.4 Å². The van der Waals surface area contributed by atoms with Gasteiger partial charge in [0.25, 0.3) is 5.56 Å².